The quantitative estimate of drug-likeness (QED) is 0.703. The molecule has 98 valence electrons. The number of nitrogens with zero attached hydrogens (tertiary/aromatic N) is 1. The molecule has 1 aromatic rings. The van der Waals surface area contributed by atoms with Crippen LogP contribution in [0, 0.1) is 6.92 Å². The van der Waals surface area contributed by atoms with Crippen LogP contribution in [-0.2, 0) is 10.0 Å². The van der Waals surface area contributed by atoms with Gasteiger partial charge >= 0.3 is 0 Å². The molecule has 0 spiro atoms. The molecule has 7 heteroatoms. The average Bonchev–Trinajstić information content (AvgIpc) is 2.54. The molecule has 0 aromatic carbocycles. The predicted octanol–water partition coefficient (Wildman–Crippen LogP) is 3.61. The summed E-state index contributed by atoms with van der Waals surface area (Å²) in [4.78, 5) is 1.53. The van der Waals surface area contributed by atoms with Crippen molar-refractivity contribution in [2.45, 2.75) is 30.0 Å². The molecule has 0 aliphatic carbocycles. The minimum Gasteiger partial charge on any atom is -0.207 e. The molecule has 1 heterocycles. The minimum absolute atomic E-state index is 0.315. The SMILES string of the molecule is Cc1sc(Br)cc1S(=O)(=O)N(C)CCC(C)Br. The molecule has 1 unspecified atom stereocenters. The van der Waals surface area contributed by atoms with Crippen molar-refractivity contribution in [3.05, 3.63) is 14.7 Å². The molecule has 1 rings (SSSR count). The summed E-state index contributed by atoms with van der Waals surface area (Å²) in [6.45, 7) is 4.35. The molecule has 0 fully saturated rings. The molecular weight excluding hydrogens is 390 g/mol. The maximum atomic E-state index is 12.3. The van der Waals surface area contributed by atoms with Crippen LogP contribution in [0.15, 0.2) is 14.7 Å². The largest absolute Gasteiger partial charge is 0.243 e. The lowest BCUT2D eigenvalue weighted by Crippen LogP contribution is -2.29. The van der Waals surface area contributed by atoms with Gasteiger partial charge in [0.2, 0.25) is 10.0 Å². The van der Waals surface area contributed by atoms with Crippen LogP contribution in [0.2, 0.25) is 0 Å². The first-order valence-electron chi connectivity index (χ1n) is 5.11. The van der Waals surface area contributed by atoms with Gasteiger partial charge in [0.15, 0.2) is 0 Å². The summed E-state index contributed by atoms with van der Waals surface area (Å²) in [5.74, 6) is 0. The maximum absolute atomic E-state index is 12.3. The lowest BCUT2D eigenvalue weighted by atomic mass is 10.3. The van der Waals surface area contributed by atoms with Crippen LogP contribution in [0.25, 0.3) is 0 Å². The fourth-order valence-corrected chi connectivity index (χ4v) is 5.10. The normalized spacial score (nSPS) is 14.2. The van der Waals surface area contributed by atoms with Gasteiger partial charge in [0, 0.05) is 23.3 Å². The van der Waals surface area contributed by atoms with E-state index in [4.69, 9.17) is 0 Å². The zero-order valence-corrected chi connectivity index (χ0v) is 14.7. The van der Waals surface area contributed by atoms with Crippen molar-refractivity contribution in [1.29, 1.82) is 0 Å². The van der Waals surface area contributed by atoms with E-state index in [-0.39, 0.29) is 0 Å². The second-order valence-corrected chi connectivity index (χ2v) is 10.1. The van der Waals surface area contributed by atoms with Crippen molar-refractivity contribution in [1.82, 2.24) is 4.31 Å². The first kappa shape index (κ1) is 15.6. The smallest absolute Gasteiger partial charge is 0.207 e. The standard InChI is InChI=1S/C10H15Br2NO2S2/c1-7(11)4-5-13(3)17(14,15)9-6-10(12)16-8(9)2/h6-7H,4-5H2,1-3H3. The zero-order chi connectivity index (χ0) is 13.2. The van der Waals surface area contributed by atoms with Crippen molar-refractivity contribution < 1.29 is 8.42 Å². The highest BCUT2D eigenvalue weighted by atomic mass is 79.9. The monoisotopic (exact) mass is 403 g/mol. The molecule has 0 bridgehead atoms. The van der Waals surface area contributed by atoms with E-state index in [9.17, 15) is 8.42 Å². The van der Waals surface area contributed by atoms with Crippen LogP contribution in [0.1, 0.15) is 18.2 Å². The molecule has 0 saturated carbocycles. The Hall–Kier alpha value is 0.570. The topological polar surface area (TPSA) is 37.4 Å². The third-order valence-corrected chi connectivity index (χ3v) is 6.50. The fourth-order valence-electron chi connectivity index (χ4n) is 1.33. The van der Waals surface area contributed by atoms with Crippen molar-refractivity contribution >= 4 is 53.2 Å². The molecule has 0 amide bonds. The summed E-state index contributed by atoms with van der Waals surface area (Å²) < 4.78 is 26.8. The lowest BCUT2D eigenvalue weighted by molar-refractivity contribution is 0.462. The van der Waals surface area contributed by atoms with Crippen LogP contribution < -0.4 is 0 Å². The summed E-state index contributed by atoms with van der Waals surface area (Å²) in [5.41, 5.74) is 0. The number of alkyl halides is 1. The molecule has 17 heavy (non-hydrogen) atoms. The van der Waals surface area contributed by atoms with Crippen molar-refractivity contribution in [3.63, 3.8) is 0 Å². The van der Waals surface area contributed by atoms with Gasteiger partial charge in [-0.1, -0.05) is 22.9 Å². The van der Waals surface area contributed by atoms with E-state index >= 15 is 0 Å². The summed E-state index contributed by atoms with van der Waals surface area (Å²) in [6.07, 6.45) is 0.792. The Kier molecular flexibility index (Phi) is 5.65. The van der Waals surface area contributed by atoms with E-state index in [0.717, 1.165) is 15.1 Å². The van der Waals surface area contributed by atoms with Gasteiger partial charge in [-0.25, -0.2) is 12.7 Å². The summed E-state index contributed by atoms with van der Waals surface area (Å²) >= 11 is 8.17. The Balaban J connectivity index is 2.91. The van der Waals surface area contributed by atoms with E-state index in [1.165, 1.54) is 15.6 Å². The van der Waals surface area contributed by atoms with Crippen LogP contribution in [-0.4, -0.2) is 31.1 Å². The Morgan fingerprint density at radius 1 is 1.53 bits per heavy atom. The Labute approximate surface area is 124 Å². The van der Waals surface area contributed by atoms with E-state index in [2.05, 4.69) is 31.9 Å². The number of hydrogen-bond acceptors (Lipinski definition) is 3. The first-order chi connectivity index (χ1) is 7.75. The molecule has 0 aliphatic heterocycles. The van der Waals surface area contributed by atoms with Gasteiger partial charge in [-0.15, -0.1) is 11.3 Å². The second-order valence-electron chi connectivity index (χ2n) is 3.87. The molecule has 3 nitrogen and oxygen atoms in total. The number of hydrogen-bond donors (Lipinski definition) is 0. The number of rotatable bonds is 5. The van der Waals surface area contributed by atoms with Gasteiger partial charge in [0.1, 0.15) is 0 Å². The highest BCUT2D eigenvalue weighted by molar-refractivity contribution is 9.11. The summed E-state index contributed by atoms with van der Waals surface area (Å²) in [5, 5.41) is 0. The van der Waals surface area contributed by atoms with Gasteiger partial charge in [-0.2, -0.15) is 0 Å². The summed E-state index contributed by atoms with van der Waals surface area (Å²) in [6, 6.07) is 1.67. The maximum Gasteiger partial charge on any atom is 0.243 e. The Bertz CT molecular complexity index is 482. The Morgan fingerprint density at radius 3 is 2.53 bits per heavy atom. The molecule has 1 atom stereocenters. The van der Waals surface area contributed by atoms with Gasteiger partial charge in [0.05, 0.1) is 8.68 Å². The van der Waals surface area contributed by atoms with Crippen LogP contribution in [0.5, 0.6) is 0 Å². The molecule has 1 aromatic heterocycles. The predicted molar refractivity (Wildman–Crippen MR) is 79.6 cm³/mol. The van der Waals surface area contributed by atoms with Crippen LogP contribution in [0.4, 0.5) is 0 Å². The van der Waals surface area contributed by atoms with Crippen molar-refractivity contribution in [2.24, 2.45) is 0 Å². The number of thiophene rings is 1. The second kappa shape index (κ2) is 6.14. The Morgan fingerprint density at radius 2 is 2.12 bits per heavy atom. The molecule has 0 radical (unpaired) electrons. The third-order valence-electron chi connectivity index (χ3n) is 2.37. The highest BCUT2D eigenvalue weighted by Crippen LogP contribution is 2.31. The van der Waals surface area contributed by atoms with Gasteiger partial charge < -0.3 is 0 Å². The van der Waals surface area contributed by atoms with Crippen LogP contribution in [0.3, 0.4) is 0 Å². The molecule has 0 aliphatic rings. The molecular formula is C10H15Br2NO2S2. The minimum atomic E-state index is -3.35. The van der Waals surface area contributed by atoms with Gasteiger partial charge in [-0.3, -0.25) is 0 Å². The third kappa shape index (κ3) is 4.02. The van der Waals surface area contributed by atoms with E-state index in [1.54, 1.807) is 13.1 Å². The number of halogens is 2. The average molecular weight is 405 g/mol. The molecule has 0 saturated heterocycles. The number of aryl methyl sites for hydroxylation is 1. The van der Waals surface area contributed by atoms with Crippen molar-refractivity contribution in [2.75, 3.05) is 13.6 Å². The number of sulfonamides is 1. The first-order valence-corrected chi connectivity index (χ1v) is 9.08. The molecule has 0 N–H and O–H groups in total. The highest BCUT2D eigenvalue weighted by Gasteiger charge is 2.24. The zero-order valence-electron chi connectivity index (χ0n) is 9.91. The lowest BCUT2D eigenvalue weighted by Gasteiger charge is -2.17. The van der Waals surface area contributed by atoms with E-state index in [1.807, 2.05) is 13.8 Å². The fraction of sp³-hybridized carbons (Fsp3) is 0.600. The van der Waals surface area contributed by atoms with E-state index < -0.39 is 10.0 Å². The van der Waals surface area contributed by atoms with Gasteiger partial charge in [-0.05, 0) is 35.3 Å². The van der Waals surface area contributed by atoms with Crippen molar-refractivity contribution in [3.8, 4) is 0 Å². The van der Waals surface area contributed by atoms with E-state index in [0.29, 0.717) is 16.3 Å². The summed E-state index contributed by atoms with van der Waals surface area (Å²) in [7, 11) is -1.73. The van der Waals surface area contributed by atoms with Gasteiger partial charge in [0.25, 0.3) is 0 Å². The van der Waals surface area contributed by atoms with Crippen LogP contribution >= 0.6 is 43.2 Å².